The first kappa shape index (κ1) is 26.1. The third kappa shape index (κ3) is 4.87. The lowest BCUT2D eigenvalue weighted by Gasteiger charge is -2.12. The van der Waals surface area contributed by atoms with Crippen LogP contribution in [0.25, 0.3) is 21.3 Å². The summed E-state index contributed by atoms with van der Waals surface area (Å²) in [6, 6.07) is 1.57. The highest BCUT2D eigenvalue weighted by Crippen LogP contribution is 2.43. The Morgan fingerprint density at radius 3 is 2.27 bits per heavy atom. The number of carbonyl (C=O) groups is 2. The maximum atomic E-state index is 13.6. The van der Waals surface area contributed by atoms with Crippen LogP contribution < -0.4 is 11.1 Å². The summed E-state index contributed by atoms with van der Waals surface area (Å²) in [5, 5.41) is 9.92. The number of hydrogen-bond acceptors (Lipinski definition) is 6. The number of nitrogens with two attached hydrogens (primary N) is 1. The lowest BCUT2D eigenvalue weighted by molar-refractivity contribution is -0.117. The molecule has 9 nitrogen and oxygen atoms in total. The largest absolute Gasteiger partial charge is 0.365 e. The van der Waals surface area contributed by atoms with Gasteiger partial charge in [0.05, 0.1) is 11.9 Å². The molecule has 4 heterocycles. The summed E-state index contributed by atoms with van der Waals surface area (Å²) in [4.78, 5) is 28.6. The van der Waals surface area contributed by atoms with Gasteiger partial charge in [-0.25, -0.2) is 31.3 Å². The van der Waals surface area contributed by atoms with E-state index in [4.69, 9.17) is 5.73 Å². The van der Waals surface area contributed by atoms with Crippen molar-refractivity contribution < 1.29 is 35.9 Å². The van der Waals surface area contributed by atoms with E-state index < -0.39 is 54.7 Å². The van der Waals surface area contributed by atoms with Gasteiger partial charge in [0.1, 0.15) is 33.3 Å². The first-order valence-corrected chi connectivity index (χ1v) is 11.2. The van der Waals surface area contributed by atoms with Crippen molar-refractivity contribution in [3.8, 4) is 11.1 Å². The molecular weight excluding hydrogens is 528 g/mol. The van der Waals surface area contributed by atoms with E-state index in [1.165, 1.54) is 10.9 Å². The number of rotatable bonds is 8. The Bertz CT molecular complexity index is 1510. The lowest BCUT2D eigenvalue weighted by Crippen LogP contribution is -2.22. The molecule has 0 spiro atoms. The third-order valence-electron chi connectivity index (χ3n) is 5.49. The van der Waals surface area contributed by atoms with Crippen molar-refractivity contribution in [1.29, 1.82) is 0 Å². The van der Waals surface area contributed by atoms with E-state index in [0.29, 0.717) is 33.3 Å². The summed E-state index contributed by atoms with van der Waals surface area (Å²) in [6.45, 7) is 0.756. The highest BCUT2D eigenvalue weighted by Gasteiger charge is 2.27. The van der Waals surface area contributed by atoms with E-state index >= 15 is 0 Å². The number of aromatic nitrogens is 5. The zero-order valence-corrected chi connectivity index (χ0v) is 19.8. The van der Waals surface area contributed by atoms with Gasteiger partial charge in [0, 0.05) is 23.7 Å². The molecule has 196 valence electrons. The zero-order chi connectivity index (χ0) is 27.2. The maximum Gasteiger partial charge on any atom is 0.282 e. The van der Waals surface area contributed by atoms with Gasteiger partial charge < -0.3 is 11.1 Å². The van der Waals surface area contributed by atoms with Gasteiger partial charge in [0.2, 0.25) is 5.91 Å². The van der Waals surface area contributed by atoms with Crippen LogP contribution in [0.5, 0.6) is 0 Å². The molecule has 0 bridgehead atoms. The number of primary amides is 1. The molecule has 0 radical (unpaired) electrons. The first-order valence-electron chi connectivity index (χ1n) is 10.4. The molecule has 37 heavy (non-hydrogen) atoms. The summed E-state index contributed by atoms with van der Waals surface area (Å²) in [5.74, 6) is -2.03. The standard InChI is InChI=1S/C21H17F6N7O2S/c1-7-9(5-29-33(7)2)8-3-10(17(22)23)30-21-14(8)15(16(37-21)20(28)36)31-13(35)6-34-12(19(26)27)4-11(32-34)18(24)25/h3-5,17-19H,6H2,1-2H3,(H2,28,36)(H,31,35). The lowest BCUT2D eigenvalue weighted by atomic mass is 10.0. The Labute approximate surface area is 207 Å². The molecule has 0 unspecified atom stereocenters. The molecule has 0 saturated heterocycles. The number of thiophene rings is 1. The molecule has 0 aliphatic rings. The second-order valence-electron chi connectivity index (χ2n) is 7.81. The second-order valence-corrected chi connectivity index (χ2v) is 8.81. The second kappa shape index (κ2) is 9.84. The van der Waals surface area contributed by atoms with Gasteiger partial charge in [0.15, 0.2) is 0 Å². The van der Waals surface area contributed by atoms with Gasteiger partial charge in [-0.05, 0) is 24.6 Å². The minimum atomic E-state index is -3.20. The predicted octanol–water partition coefficient (Wildman–Crippen LogP) is 4.75. The maximum absolute atomic E-state index is 13.6. The molecule has 4 aromatic rings. The number of pyridine rings is 1. The Morgan fingerprint density at radius 1 is 1.05 bits per heavy atom. The highest BCUT2D eigenvalue weighted by atomic mass is 32.1. The number of fused-ring (bicyclic) bond motifs is 1. The number of anilines is 1. The Morgan fingerprint density at radius 2 is 1.73 bits per heavy atom. The number of alkyl halides is 6. The number of amides is 2. The van der Waals surface area contributed by atoms with E-state index in [2.05, 4.69) is 20.5 Å². The van der Waals surface area contributed by atoms with Gasteiger partial charge in [0.25, 0.3) is 25.2 Å². The summed E-state index contributed by atoms with van der Waals surface area (Å²) in [7, 11) is 1.62. The number of aryl methyl sites for hydroxylation is 1. The van der Waals surface area contributed by atoms with Gasteiger partial charge in [-0.1, -0.05) is 0 Å². The Kier molecular flexibility index (Phi) is 6.94. The van der Waals surface area contributed by atoms with Crippen molar-refractivity contribution in [3.05, 3.63) is 46.0 Å². The number of nitrogens with one attached hydrogen (secondary N) is 1. The van der Waals surface area contributed by atoms with Crippen LogP contribution in [0.4, 0.5) is 32.0 Å². The number of carbonyl (C=O) groups excluding carboxylic acids is 2. The minimum Gasteiger partial charge on any atom is -0.365 e. The fraction of sp³-hybridized carbons (Fsp3) is 0.286. The average Bonchev–Trinajstić information content (AvgIpc) is 3.49. The molecule has 0 aromatic carbocycles. The SMILES string of the molecule is Cc1c(-c2cc(C(F)F)nc3sc(C(N)=O)c(NC(=O)Cn4nc(C(F)F)cc4C(F)F)c23)cnn1C. The number of halogens is 6. The first-order chi connectivity index (χ1) is 17.4. The quantitative estimate of drug-likeness (QED) is 0.310. The van der Waals surface area contributed by atoms with Crippen LogP contribution in [0.15, 0.2) is 18.3 Å². The van der Waals surface area contributed by atoms with Crippen LogP contribution in [0.3, 0.4) is 0 Å². The molecule has 0 fully saturated rings. The van der Waals surface area contributed by atoms with Crippen molar-refractivity contribution >= 4 is 39.1 Å². The van der Waals surface area contributed by atoms with Crippen LogP contribution in [0.1, 0.15) is 51.7 Å². The fourth-order valence-corrected chi connectivity index (χ4v) is 4.69. The predicted molar refractivity (Wildman–Crippen MR) is 121 cm³/mol. The van der Waals surface area contributed by atoms with Crippen molar-refractivity contribution in [2.24, 2.45) is 12.8 Å². The van der Waals surface area contributed by atoms with E-state index in [1.54, 1.807) is 14.0 Å². The fourth-order valence-electron chi connectivity index (χ4n) is 3.67. The molecule has 0 aliphatic carbocycles. The molecular formula is C21H17F6N7O2S. The summed E-state index contributed by atoms with van der Waals surface area (Å²) >= 11 is 0.647. The summed E-state index contributed by atoms with van der Waals surface area (Å²) in [5.41, 5.74) is 3.94. The van der Waals surface area contributed by atoms with E-state index in [1.807, 2.05) is 0 Å². The molecule has 4 aromatic heterocycles. The molecule has 0 saturated carbocycles. The molecule has 0 aliphatic heterocycles. The number of nitrogens with zero attached hydrogens (tertiary/aromatic N) is 5. The Balaban J connectivity index is 1.85. The normalized spacial score (nSPS) is 11.9. The van der Waals surface area contributed by atoms with Gasteiger partial charge in [-0.2, -0.15) is 10.2 Å². The molecule has 16 heteroatoms. The van der Waals surface area contributed by atoms with Crippen molar-refractivity contribution in [3.63, 3.8) is 0 Å². The average molecular weight is 545 g/mol. The molecule has 2 amide bonds. The van der Waals surface area contributed by atoms with Crippen LogP contribution >= 0.6 is 11.3 Å². The van der Waals surface area contributed by atoms with Gasteiger partial charge >= 0.3 is 0 Å². The molecule has 3 N–H and O–H groups in total. The molecule has 4 rings (SSSR count). The van der Waals surface area contributed by atoms with Gasteiger partial charge in [-0.3, -0.25) is 19.0 Å². The van der Waals surface area contributed by atoms with E-state index in [-0.39, 0.29) is 26.3 Å². The van der Waals surface area contributed by atoms with Crippen molar-refractivity contribution in [1.82, 2.24) is 24.5 Å². The highest BCUT2D eigenvalue weighted by molar-refractivity contribution is 7.21. The topological polar surface area (TPSA) is 121 Å². The zero-order valence-electron chi connectivity index (χ0n) is 19.0. The molecule has 0 atom stereocenters. The summed E-state index contributed by atoms with van der Waals surface area (Å²) < 4.78 is 81.7. The third-order valence-corrected chi connectivity index (χ3v) is 6.59. The van der Waals surface area contributed by atoms with Crippen molar-refractivity contribution in [2.75, 3.05) is 5.32 Å². The smallest absolute Gasteiger partial charge is 0.282 e. The Hall–Kier alpha value is -3.95. The minimum absolute atomic E-state index is 0.0486. The summed E-state index contributed by atoms with van der Waals surface area (Å²) in [6.07, 6.45) is -7.91. The van der Waals surface area contributed by atoms with Crippen LogP contribution in [-0.4, -0.2) is 36.4 Å². The van der Waals surface area contributed by atoms with E-state index in [9.17, 15) is 35.9 Å². The van der Waals surface area contributed by atoms with Crippen LogP contribution in [0, 0.1) is 6.92 Å². The monoisotopic (exact) mass is 545 g/mol. The van der Waals surface area contributed by atoms with E-state index in [0.717, 1.165) is 6.07 Å². The van der Waals surface area contributed by atoms with Crippen LogP contribution in [0.2, 0.25) is 0 Å². The van der Waals surface area contributed by atoms with Crippen LogP contribution in [-0.2, 0) is 18.4 Å². The van der Waals surface area contributed by atoms with Crippen molar-refractivity contribution in [2.45, 2.75) is 32.7 Å². The van der Waals surface area contributed by atoms with Gasteiger partial charge in [-0.15, -0.1) is 11.3 Å². The number of hydrogen-bond donors (Lipinski definition) is 2.